The van der Waals surface area contributed by atoms with Crippen LogP contribution in [0.1, 0.15) is 55.8 Å². The van der Waals surface area contributed by atoms with Gasteiger partial charge in [0.2, 0.25) is 0 Å². The zero-order chi connectivity index (χ0) is 18.2. The van der Waals surface area contributed by atoms with Crippen LogP contribution in [0.4, 0.5) is 0 Å². The van der Waals surface area contributed by atoms with E-state index in [1.807, 2.05) is 12.1 Å². The molecule has 2 aromatic rings. The van der Waals surface area contributed by atoms with Crippen molar-refractivity contribution in [2.75, 3.05) is 13.2 Å². The molecule has 25 heavy (non-hydrogen) atoms. The molecule has 0 aliphatic heterocycles. The Balaban J connectivity index is 1.79. The van der Waals surface area contributed by atoms with Gasteiger partial charge in [-0.25, -0.2) is 0 Å². The van der Waals surface area contributed by atoms with Gasteiger partial charge < -0.3 is 15.2 Å². The van der Waals surface area contributed by atoms with Crippen molar-refractivity contribution >= 4 is 0 Å². The summed E-state index contributed by atoms with van der Waals surface area (Å²) in [6, 6.07) is 16.9. The fourth-order valence-corrected chi connectivity index (χ4v) is 2.78. The summed E-state index contributed by atoms with van der Waals surface area (Å²) >= 11 is 0. The van der Waals surface area contributed by atoms with Crippen molar-refractivity contribution < 1.29 is 9.84 Å². The molecule has 0 heterocycles. The quantitative estimate of drug-likeness (QED) is 0.700. The van der Waals surface area contributed by atoms with Crippen LogP contribution >= 0.6 is 0 Å². The normalized spacial score (nSPS) is 13.7. The molecule has 136 valence electrons. The second-order valence-corrected chi connectivity index (χ2v) is 6.97. The first kappa shape index (κ1) is 19.5. The zero-order valence-corrected chi connectivity index (χ0v) is 15.8. The lowest BCUT2D eigenvalue weighted by molar-refractivity contribution is 0.103. The minimum Gasteiger partial charge on any atom is -0.491 e. The van der Waals surface area contributed by atoms with Crippen LogP contribution in [-0.4, -0.2) is 24.4 Å². The second kappa shape index (κ2) is 9.59. The molecular formula is C22H31NO2. The van der Waals surface area contributed by atoms with Gasteiger partial charge in [0.25, 0.3) is 0 Å². The maximum atomic E-state index is 10.2. The number of ether oxygens (including phenoxy) is 1. The fraction of sp³-hybridized carbons (Fsp3) is 0.455. The molecule has 3 nitrogen and oxygen atoms in total. The Labute approximate surface area is 152 Å². The molecule has 0 aliphatic carbocycles. The van der Waals surface area contributed by atoms with E-state index in [9.17, 15) is 5.11 Å². The number of benzene rings is 2. The van der Waals surface area contributed by atoms with Crippen molar-refractivity contribution in [3.63, 3.8) is 0 Å². The molecular weight excluding hydrogens is 310 g/mol. The van der Waals surface area contributed by atoms with Crippen LogP contribution in [0.3, 0.4) is 0 Å². The van der Waals surface area contributed by atoms with Gasteiger partial charge in [0.05, 0.1) is 0 Å². The van der Waals surface area contributed by atoms with E-state index < -0.39 is 6.10 Å². The highest BCUT2D eigenvalue weighted by atomic mass is 16.5. The maximum absolute atomic E-state index is 10.2. The van der Waals surface area contributed by atoms with Crippen molar-refractivity contribution in [1.29, 1.82) is 0 Å². The minimum atomic E-state index is -0.538. The van der Waals surface area contributed by atoms with Crippen LogP contribution in [0, 0.1) is 6.92 Å². The molecule has 2 aromatic carbocycles. The average Bonchev–Trinajstić information content (AvgIpc) is 2.62. The third kappa shape index (κ3) is 6.18. The highest BCUT2D eigenvalue weighted by Crippen LogP contribution is 2.19. The van der Waals surface area contributed by atoms with Crippen molar-refractivity contribution in [3.8, 4) is 5.75 Å². The van der Waals surface area contributed by atoms with E-state index >= 15 is 0 Å². The predicted molar refractivity (Wildman–Crippen MR) is 104 cm³/mol. The molecule has 0 aromatic heterocycles. The summed E-state index contributed by atoms with van der Waals surface area (Å²) in [5, 5.41) is 13.6. The first-order valence-electron chi connectivity index (χ1n) is 9.20. The van der Waals surface area contributed by atoms with E-state index in [0.29, 0.717) is 19.1 Å². The van der Waals surface area contributed by atoms with Crippen LogP contribution in [0.2, 0.25) is 0 Å². The van der Waals surface area contributed by atoms with Gasteiger partial charge in [0.1, 0.15) is 18.5 Å². The van der Waals surface area contributed by atoms with E-state index in [1.165, 1.54) is 16.7 Å². The van der Waals surface area contributed by atoms with Gasteiger partial charge in [-0.15, -0.1) is 0 Å². The Morgan fingerprint density at radius 2 is 1.56 bits per heavy atom. The number of hydrogen-bond acceptors (Lipinski definition) is 3. The lowest BCUT2D eigenvalue weighted by Crippen LogP contribution is -2.33. The Morgan fingerprint density at radius 3 is 2.12 bits per heavy atom. The molecule has 2 N–H and O–H groups in total. The van der Waals surface area contributed by atoms with Crippen molar-refractivity contribution in [3.05, 3.63) is 65.2 Å². The number of nitrogens with one attached hydrogen (secondary N) is 1. The van der Waals surface area contributed by atoms with Gasteiger partial charge in [0, 0.05) is 12.6 Å². The molecule has 0 amide bonds. The Bertz CT molecular complexity index is 619. The summed E-state index contributed by atoms with van der Waals surface area (Å²) < 4.78 is 5.70. The van der Waals surface area contributed by atoms with Crippen LogP contribution in [0.5, 0.6) is 5.75 Å². The van der Waals surface area contributed by atoms with Gasteiger partial charge >= 0.3 is 0 Å². The van der Waals surface area contributed by atoms with E-state index in [-0.39, 0.29) is 6.04 Å². The summed E-state index contributed by atoms with van der Waals surface area (Å²) in [4.78, 5) is 0. The summed E-state index contributed by atoms with van der Waals surface area (Å²) in [5.41, 5.74) is 3.81. The topological polar surface area (TPSA) is 41.5 Å². The first-order valence-corrected chi connectivity index (χ1v) is 9.20. The highest BCUT2D eigenvalue weighted by molar-refractivity contribution is 5.29. The molecule has 2 atom stereocenters. The lowest BCUT2D eigenvalue weighted by atomic mass is 10.0. The first-order chi connectivity index (χ1) is 12.0. The molecule has 0 saturated heterocycles. The van der Waals surface area contributed by atoms with Crippen LogP contribution < -0.4 is 10.1 Å². The summed E-state index contributed by atoms with van der Waals surface area (Å²) in [5.74, 6) is 1.31. The fourth-order valence-electron chi connectivity index (χ4n) is 2.78. The minimum absolute atomic E-state index is 0.251. The van der Waals surface area contributed by atoms with Crippen molar-refractivity contribution in [2.45, 2.75) is 52.2 Å². The molecule has 3 heteroatoms. The van der Waals surface area contributed by atoms with E-state index in [0.717, 1.165) is 12.2 Å². The van der Waals surface area contributed by atoms with Gasteiger partial charge in [-0.3, -0.25) is 0 Å². The predicted octanol–water partition coefficient (Wildman–Crippen LogP) is 4.60. The number of aryl methyl sites for hydroxylation is 1. The molecule has 0 fully saturated rings. The monoisotopic (exact) mass is 341 g/mol. The Morgan fingerprint density at radius 1 is 0.960 bits per heavy atom. The molecule has 0 spiro atoms. The Hall–Kier alpha value is -1.84. The van der Waals surface area contributed by atoms with Gasteiger partial charge in [-0.1, -0.05) is 62.7 Å². The van der Waals surface area contributed by atoms with Crippen LogP contribution in [-0.2, 0) is 0 Å². The number of aliphatic hydroxyl groups is 1. The molecule has 2 rings (SSSR count). The number of aliphatic hydroxyl groups excluding tert-OH is 1. The van der Waals surface area contributed by atoms with E-state index in [4.69, 9.17) is 4.74 Å². The summed E-state index contributed by atoms with van der Waals surface area (Å²) in [7, 11) is 0. The molecule has 0 bridgehead atoms. The number of hydrogen-bond donors (Lipinski definition) is 2. The third-order valence-corrected chi connectivity index (χ3v) is 4.48. The van der Waals surface area contributed by atoms with E-state index in [1.54, 1.807) is 0 Å². The average molecular weight is 341 g/mol. The van der Waals surface area contributed by atoms with Crippen molar-refractivity contribution in [2.24, 2.45) is 0 Å². The number of rotatable bonds is 9. The second-order valence-electron chi connectivity index (χ2n) is 6.97. The third-order valence-electron chi connectivity index (χ3n) is 4.48. The molecule has 2 unspecified atom stereocenters. The van der Waals surface area contributed by atoms with Crippen LogP contribution in [0.25, 0.3) is 0 Å². The van der Waals surface area contributed by atoms with E-state index in [2.05, 4.69) is 69.4 Å². The largest absolute Gasteiger partial charge is 0.491 e. The van der Waals surface area contributed by atoms with Crippen molar-refractivity contribution in [1.82, 2.24) is 5.32 Å². The summed E-state index contributed by atoms with van der Waals surface area (Å²) in [6.07, 6.45) is 0.442. The highest BCUT2D eigenvalue weighted by Gasteiger charge is 2.12. The zero-order valence-electron chi connectivity index (χ0n) is 15.8. The lowest BCUT2D eigenvalue weighted by Gasteiger charge is -2.20. The van der Waals surface area contributed by atoms with Crippen LogP contribution in [0.15, 0.2) is 48.5 Å². The standard InChI is InChI=1S/C22H31NO2/c1-5-22(19-8-6-17(4)7-9-19)23-14-20(24)15-25-21-12-10-18(11-13-21)16(2)3/h6-13,16,20,22-24H,5,14-15H2,1-4H3. The Kier molecular flexibility index (Phi) is 7.48. The molecule has 0 radical (unpaired) electrons. The van der Waals surface area contributed by atoms with Gasteiger partial charge in [-0.05, 0) is 42.5 Å². The van der Waals surface area contributed by atoms with Gasteiger partial charge in [0.15, 0.2) is 0 Å². The van der Waals surface area contributed by atoms with Gasteiger partial charge in [-0.2, -0.15) is 0 Å². The molecule has 0 aliphatic rings. The molecule has 0 saturated carbocycles. The summed E-state index contributed by atoms with van der Waals surface area (Å²) in [6.45, 7) is 9.38. The SMILES string of the molecule is CCC(NCC(O)COc1ccc(C(C)C)cc1)c1ccc(C)cc1. The smallest absolute Gasteiger partial charge is 0.119 e. The maximum Gasteiger partial charge on any atom is 0.119 e.